The first kappa shape index (κ1) is 22.6. The van der Waals surface area contributed by atoms with Gasteiger partial charge in [0, 0.05) is 0 Å². The van der Waals surface area contributed by atoms with Crippen molar-refractivity contribution in [3.63, 3.8) is 0 Å². The molecule has 0 amide bonds. The number of hydrogen-bond donors (Lipinski definition) is 0. The van der Waals surface area contributed by atoms with Gasteiger partial charge in [0.2, 0.25) is 0 Å². The van der Waals surface area contributed by atoms with E-state index in [4.69, 9.17) is 0 Å². The van der Waals surface area contributed by atoms with Gasteiger partial charge in [-0.2, -0.15) is 0 Å². The first-order valence-electron chi connectivity index (χ1n) is 5.25. The van der Waals surface area contributed by atoms with Crippen LogP contribution in [-0.4, -0.2) is 4.57 Å². The molecule has 1 aromatic carbocycles. The van der Waals surface area contributed by atoms with E-state index in [0.717, 1.165) is 4.60 Å². The van der Waals surface area contributed by atoms with Gasteiger partial charge in [0.05, 0.1) is 0 Å². The summed E-state index contributed by atoms with van der Waals surface area (Å²) in [6.45, 7) is 2.13. The molecule has 1 heterocycles. The summed E-state index contributed by atoms with van der Waals surface area (Å²) >= 11 is 3.61. The Labute approximate surface area is 165 Å². The monoisotopic (exact) mass is 467 g/mol. The van der Waals surface area contributed by atoms with E-state index in [1.807, 2.05) is 6.07 Å². The Morgan fingerprint density at radius 2 is 1.60 bits per heavy atom. The smallest absolute Gasteiger partial charge is 1.00 e. The third-order valence-corrected chi connectivity index (χ3v) is 3.37. The molecular weight excluding hydrogens is 460 g/mol. The normalized spacial score (nSPS) is 8.90. The van der Waals surface area contributed by atoms with Crippen molar-refractivity contribution in [3.8, 4) is 16.9 Å². The van der Waals surface area contributed by atoms with E-state index in [2.05, 4.69) is 69.9 Å². The minimum Gasteiger partial charge on any atom is -1.00 e. The Morgan fingerprint density at radius 3 is 2.20 bits per heavy atom. The fourth-order valence-corrected chi connectivity index (χ4v) is 2.76. The summed E-state index contributed by atoms with van der Waals surface area (Å²) in [5.41, 5.74) is 5.04. The van der Waals surface area contributed by atoms with Gasteiger partial charge in [-0.15, -0.1) is 17.7 Å². The van der Waals surface area contributed by atoms with Gasteiger partial charge in [-0.25, -0.2) is 0 Å². The molecule has 1 aliphatic carbocycles. The van der Waals surface area contributed by atoms with Gasteiger partial charge in [-0.05, 0) is 17.2 Å². The largest absolute Gasteiger partial charge is 4.00 e. The second-order valence-corrected chi connectivity index (χ2v) is 4.82. The number of halogens is 4. The number of aryl methyl sites for hydroxylation is 1. The van der Waals surface area contributed by atoms with Crippen LogP contribution in [0.4, 0.5) is 0 Å². The van der Waals surface area contributed by atoms with Gasteiger partial charge < -0.3 is 41.8 Å². The maximum Gasteiger partial charge on any atom is 4.00 e. The van der Waals surface area contributed by atoms with Crippen LogP contribution in [-0.2, 0) is 26.2 Å². The molecule has 6 heteroatoms. The van der Waals surface area contributed by atoms with Gasteiger partial charge in [-0.3, -0.25) is 0 Å². The molecule has 20 heavy (non-hydrogen) atoms. The topological polar surface area (TPSA) is 4.93 Å². The zero-order valence-electron chi connectivity index (χ0n) is 10.6. The Kier molecular flexibility index (Phi) is 10.6. The summed E-state index contributed by atoms with van der Waals surface area (Å²) in [4.78, 5) is 0. The number of hydrogen-bond acceptors (Lipinski definition) is 0. The van der Waals surface area contributed by atoms with E-state index in [9.17, 15) is 0 Å². The molecule has 1 nitrogen and oxygen atoms in total. The molecule has 3 rings (SSSR count). The Balaban J connectivity index is 0. The third kappa shape index (κ3) is 4.18. The van der Waals surface area contributed by atoms with Gasteiger partial charge in [0.15, 0.2) is 0 Å². The van der Waals surface area contributed by atoms with Gasteiger partial charge in [0.25, 0.3) is 0 Å². The summed E-state index contributed by atoms with van der Waals surface area (Å²) in [6, 6.07) is 17.0. The molecular formula is C14H11BrCl3NZr. The summed E-state index contributed by atoms with van der Waals surface area (Å²) in [5.74, 6) is 0. The predicted molar refractivity (Wildman–Crippen MR) is 70.4 cm³/mol. The zero-order valence-corrected chi connectivity index (χ0v) is 16.9. The van der Waals surface area contributed by atoms with Crippen LogP contribution in [0.1, 0.15) is 5.56 Å². The molecule has 0 saturated heterocycles. The van der Waals surface area contributed by atoms with E-state index in [-0.39, 0.29) is 63.4 Å². The predicted octanol–water partition coefficient (Wildman–Crippen LogP) is -4.62. The number of aromatic nitrogens is 1. The van der Waals surface area contributed by atoms with Crippen LogP contribution >= 0.6 is 15.9 Å². The third-order valence-electron chi connectivity index (χ3n) is 2.79. The van der Waals surface area contributed by atoms with Crippen molar-refractivity contribution >= 4 is 15.9 Å². The molecule has 0 spiro atoms. The van der Waals surface area contributed by atoms with Crippen molar-refractivity contribution in [1.82, 2.24) is 4.57 Å². The van der Waals surface area contributed by atoms with Gasteiger partial charge in [0.1, 0.15) is 0 Å². The number of para-hydroxylation sites is 1. The van der Waals surface area contributed by atoms with Crippen molar-refractivity contribution in [1.29, 1.82) is 0 Å². The van der Waals surface area contributed by atoms with E-state index in [1.54, 1.807) is 0 Å². The summed E-state index contributed by atoms with van der Waals surface area (Å²) in [6.07, 6.45) is 0. The molecule has 0 aromatic heterocycles. The maximum absolute atomic E-state index is 3.61. The minimum absolute atomic E-state index is 0. The van der Waals surface area contributed by atoms with Crippen LogP contribution in [0.3, 0.4) is 0 Å². The van der Waals surface area contributed by atoms with Crippen LogP contribution in [0, 0.1) is 6.92 Å². The molecule has 0 fully saturated rings. The quantitative estimate of drug-likeness (QED) is 0.316. The van der Waals surface area contributed by atoms with E-state index < -0.39 is 0 Å². The van der Waals surface area contributed by atoms with Crippen molar-refractivity contribution in [2.75, 3.05) is 0 Å². The summed E-state index contributed by atoms with van der Waals surface area (Å²) in [7, 11) is 0. The molecule has 2 aliphatic rings. The van der Waals surface area contributed by atoms with Crippen LogP contribution in [0.25, 0.3) is 16.9 Å². The first-order valence-corrected chi connectivity index (χ1v) is 6.05. The number of fused-ring (bicyclic) bond motifs is 1. The molecule has 1 aromatic rings. The Bertz CT molecular complexity index is 607. The SMILES string of the molecule is Cc1cc2c[c-](Br)n(-c3ccccc3)c-2c1.[Cl-].[Cl-].[Cl-].[Zr+4]. The average Bonchev–Trinajstić information content (AvgIpc) is 2.74. The molecule has 104 valence electrons. The number of nitrogens with zero attached hydrogens (tertiary/aromatic N) is 1. The molecule has 0 atom stereocenters. The fraction of sp³-hybridized carbons (Fsp3) is 0.0714. The van der Waals surface area contributed by atoms with Gasteiger partial charge in [-0.1, -0.05) is 63.6 Å². The van der Waals surface area contributed by atoms with Crippen molar-refractivity contribution in [2.45, 2.75) is 6.92 Å². The van der Waals surface area contributed by atoms with Gasteiger partial charge >= 0.3 is 26.2 Å². The summed E-state index contributed by atoms with van der Waals surface area (Å²) < 4.78 is 3.33. The second kappa shape index (κ2) is 9.38. The van der Waals surface area contributed by atoms with Crippen LogP contribution in [0.15, 0.2) is 53.1 Å². The van der Waals surface area contributed by atoms with Crippen molar-refractivity contribution in [3.05, 3.63) is 58.7 Å². The minimum atomic E-state index is 0. The Morgan fingerprint density at radius 1 is 1.00 bits per heavy atom. The summed E-state index contributed by atoms with van der Waals surface area (Å²) in [5, 5.41) is 0. The molecule has 0 radical (unpaired) electrons. The van der Waals surface area contributed by atoms with Crippen LogP contribution in [0.2, 0.25) is 0 Å². The molecule has 0 saturated carbocycles. The number of benzene rings is 1. The van der Waals surface area contributed by atoms with Crippen LogP contribution in [0.5, 0.6) is 0 Å². The zero-order chi connectivity index (χ0) is 11.1. The average molecular weight is 471 g/mol. The molecule has 0 bridgehead atoms. The maximum atomic E-state index is 3.61. The molecule has 0 N–H and O–H groups in total. The van der Waals surface area contributed by atoms with E-state index in [0.29, 0.717) is 0 Å². The molecule has 0 unspecified atom stereocenters. The van der Waals surface area contributed by atoms with E-state index >= 15 is 0 Å². The first-order chi connectivity index (χ1) is 7.75. The standard InChI is InChI=1S/C14H11BrN.3ClH.Zr/c1-10-7-11-9-14(15)16(13(11)8-10)12-5-3-2-4-6-12;;;;/h2-9H,1H3;3*1H;/q-1;;;;+4/p-3. The van der Waals surface area contributed by atoms with E-state index in [1.165, 1.54) is 22.5 Å². The number of rotatable bonds is 1. The Hall–Kier alpha value is 0.343. The molecule has 1 aliphatic heterocycles. The van der Waals surface area contributed by atoms with Crippen LogP contribution < -0.4 is 37.2 Å². The fourth-order valence-electron chi connectivity index (χ4n) is 2.12. The van der Waals surface area contributed by atoms with Crippen molar-refractivity contribution < 1.29 is 63.4 Å². The van der Waals surface area contributed by atoms with Crippen molar-refractivity contribution in [2.24, 2.45) is 0 Å². The second-order valence-electron chi connectivity index (χ2n) is 4.01.